The molecule has 1 aliphatic rings. The lowest BCUT2D eigenvalue weighted by Gasteiger charge is -2.34. The molecule has 25 heavy (non-hydrogen) atoms. The highest BCUT2D eigenvalue weighted by Crippen LogP contribution is 2.38. The molecule has 0 N–H and O–H groups in total. The fourth-order valence-electron chi connectivity index (χ4n) is 3.80. The van der Waals surface area contributed by atoms with Gasteiger partial charge in [-0.1, -0.05) is 27.7 Å². The molecule has 3 rings (SSSR count). The van der Waals surface area contributed by atoms with Crippen molar-refractivity contribution in [2.75, 3.05) is 13.1 Å². The molecule has 0 aliphatic heterocycles. The van der Waals surface area contributed by atoms with Gasteiger partial charge in [-0.15, -0.1) is 11.3 Å². The van der Waals surface area contributed by atoms with Crippen LogP contribution < -0.4 is 0 Å². The van der Waals surface area contributed by atoms with E-state index in [2.05, 4.69) is 39.8 Å². The highest BCUT2D eigenvalue weighted by atomic mass is 32.1. The van der Waals surface area contributed by atoms with Gasteiger partial charge in [-0.3, -0.25) is 4.79 Å². The zero-order valence-electron chi connectivity index (χ0n) is 16.2. The first-order valence-corrected chi connectivity index (χ1v) is 10.4. The van der Waals surface area contributed by atoms with Crippen molar-refractivity contribution in [2.45, 2.75) is 60.3 Å². The number of aromatic nitrogens is 1. The standard InChI is InChI=1S/C21H30N2OS/c1-6-10-23(7-2)20(24)18-13-15-11-14-12-16(21(3,4)5)8-9-17(14)22-19(15)25-18/h11,13,16H,6-10,12H2,1-5H3. The summed E-state index contributed by atoms with van der Waals surface area (Å²) in [5.41, 5.74) is 2.97. The molecule has 2 aromatic rings. The summed E-state index contributed by atoms with van der Waals surface area (Å²) in [5, 5.41) is 1.13. The summed E-state index contributed by atoms with van der Waals surface area (Å²) in [4.78, 5) is 21.4. The summed E-state index contributed by atoms with van der Waals surface area (Å²) < 4.78 is 0. The zero-order valence-corrected chi connectivity index (χ0v) is 17.0. The number of rotatable bonds is 4. The smallest absolute Gasteiger partial charge is 0.264 e. The van der Waals surface area contributed by atoms with Crippen molar-refractivity contribution in [3.8, 4) is 0 Å². The van der Waals surface area contributed by atoms with Crippen LogP contribution in [0.5, 0.6) is 0 Å². The summed E-state index contributed by atoms with van der Waals surface area (Å²) in [5.74, 6) is 0.858. The molecule has 1 aliphatic carbocycles. The number of carbonyl (C=O) groups is 1. The third kappa shape index (κ3) is 3.74. The van der Waals surface area contributed by atoms with Gasteiger partial charge >= 0.3 is 0 Å². The Morgan fingerprint density at radius 1 is 1.32 bits per heavy atom. The normalized spacial score (nSPS) is 17.6. The van der Waals surface area contributed by atoms with Crippen LogP contribution in [0.3, 0.4) is 0 Å². The number of hydrogen-bond acceptors (Lipinski definition) is 3. The first-order valence-electron chi connectivity index (χ1n) is 9.55. The van der Waals surface area contributed by atoms with Crippen LogP contribution in [0.1, 0.15) is 68.4 Å². The Bertz CT molecular complexity index is 772. The molecule has 0 saturated heterocycles. The highest BCUT2D eigenvalue weighted by Gasteiger charge is 2.29. The quantitative estimate of drug-likeness (QED) is 0.741. The molecular weight excluding hydrogens is 328 g/mol. The lowest BCUT2D eigenvalue weighted by molar-refractivity contribution is 0.0769. The summed E-state index contributed by atoms with van der Waals surface area (Å²) in [6.45, 7) is 12.8. The predicted octanol–water partition coefficient (Wildman–Crippen LogP) is 5.32. The fourth-order valence-corrected chi connectivity index (χ4v) is 4.80. The molecule has 0 bridgehead atoms. The van der Waals surface area contributed by atoms with Crippen molar-refractivity contribution in [1.29, 1.82) is 0 Å². The Balaban J connectivity index is 1.91. The van der Waals surface area contributed by atoms with Crippen LogP contribution in [0.15, 0.2) is 12.1 Å². The van der Waals surface area contributed by atoms with E-state index in [4.69, 9.17) is 4.98 Å². The van der Waals surface area contributed by atoms with E-state index in [0.29, 0.717) is 11.3 Å². The van der Waals surface area contributed by atoms with Gasteiger partial charge in [-0.25, -0.2) is 4.98 Å². The Morgan fingerprint density at radius 2 is 2.08 bits per heavy atom. The molecule has 0 fully saturated rings. The van der Waals surface area contributed by atoms with Gasteiger partial charge in [0.15, 0.2) is 0 Å². The minimum absolute atomic E-state index is 0.151. The van der Waals surface area contributed by atoms with Crippen molar-refractivity contribution < 1.29 is 4.79 Å². The molecule has 1 unspecified atom stereocenters. The minimum Gasteiger partial charge on any atom is -0.338 e. The van der Waals surface area contributed by atoms with Gasteiger partial charge in [-0.05, 0) is 61.6 Å². The maximum atomic E-state index is 12.7. The second kappa shape index (κ2) is 7.06. The number of thiophene rings is 1. The van der Waals surface area contributed by atoms with E-state index < -0.39 is 0 Å². The maximum absolute atomic E-state index is 12.7. The third-order valence-electron chi connectivity index (χ3n) is 5.47. The van der Waals surface area contributed by atoms with E-state index in [1.165, 1.54) is 17.7 Å². The summed E-state index contributed by atoms with van der Waals surface area (Å²) in [7, 11) is 0. The molecule has 1 atom stereocenters. The Hall–Kier alpha value is -1.42. The molecule has 136 valence electrons. The number of hydrogen-bond donors (Lipinski definition) is 0. The second-order valence-electron chi connectivity index (χ2n) is 8.29. The van der Waals surface area contributed by atoms with E-state index in [9.17, 15) is 4.79 Å². The zero-order chi connectivity index (χ0) is 18.2. The molecule has 0 radical (unpaired) electrons. The number of aryl methyl sites for hydroxylation is 1. The van der Waals surface area contributed by atoms with Crippen LogP contribution in [0.25, 0.3) is 10.2 Å². The molecule has 0 saturated carbocycles. The van der Waals surface area contributed by atoms with Crippen LogP contribution in [0.4, 0.5) is 0 Å². The number of amides is 1. The lowest BCUT2D eigenvalue weighted by atomic mass is 9.71. The molecule has 1 amide bonds. The van der Waals surface area contributed by atoms with E-state index in [0.717, 1.165) is 47.4 Å². The van der Waals surface area contributed by atoms with Gasteiger partial charge in [0.1, 0.15) is 4.83 Å². The van der Waals surface area contributed by atoms with Crippen molar-refractivity contribution in [3.05, 3.63) is 28.3 Å². The van der Waals surface area contributed by atoms with E-state index in [1.807, 2.05) is 11.8 Å². The molecule has 0 spiro atoms. The third-order valence-corrected chi connectivity index (χ3v) is 6.50. The van der Waals surface area contributed by atoms with Gasteiger partial charge < -0.3 is 4.90 Å². The van der Waals surface area contributed by atoms with E-state index in [-0.39, 0.29) is 5.91 Å². The molecule has 0 aromatic carbocycles. The highest BCUT2D eigenvalue weighted by molar-refractivity contribution is 7.20. The van der Waals surface area contributed by atoms with Crippen molar-refractivity contribution in [1.82, 2.24) is 9.88 Å². The van der Waals surface area contributed by atoms with Crippen molar-refractivity contribution in [2.24, 2.45) is 11.3 Å². The van der Waals surface area contributed by atoms with Crippen LogP contribution in [0.2, 0.25) is 0 Å². The number of carbonyl (C=O) groups excluding carboxylic acids is 1. The fraction of sp³-hybridized carbons (Fsp3) is 0.619. The van der Waals surface area contributed by atoms with Crippen molar-refractivity contribution in [3.63, 3.8) is 0 Å². The Kier molecular flexibility index (Phi) is 5.19. The van der Waals surface area contributed by atoms with Crippen LogP contribution in [0, 0.1) is 11.3 Å². The first-order chi connectivity index (χ1) is 11.8. The topological polar surface area (TPSA) is 33.2 Å². The van der Waals surface area contributed by atoms with Gasteiger partial charge in [0.25, 0.3) is 5.91 Å². The molecule has 4 heteroatoms. The minimum atomic E-state index is 0.151. The summed E-state index contributed by atoms with van der Waals surface area (Å²) in [6.07, 6.45) is 4.38. The van der Waals surface area contributed by atoms with Crippen molar-refractivity contribution >= 4 is 27.5 Å². The largest absolute Gasteiger partial charge is 0.338 e. The molecular formula is C21H30N2OS. The summed E-state index contributed by atoms with van der Waals surface area (Å²) in [6, 6.07) is 4.34. The average Bonchev–Trinajstić information content (AvgIpc) is 2.98. The lowest BCUT2D eigenvalue weighted by Crippen LogP contribution is -2.30. The number of fused-ring (bicyclic) bond motifs is 2. The van der Waals surface area contributed by atoms with Crippen LogP contribution >= 0.6 is 11.3 Å². The van der Waals surface area contributed by atoms with Gasteiger partial charge in [0, 0.05) is 24.2 Å². The van der Waals surface area contributed by atoms with Crippen LogP contribution in [-0.2, 0) is 12.8 Å². The number of nitrogens with zero attached hydrogens (tertiary/aromatic N) is 2. The average molecular weight is 359 g/mol. The maximum Gasteiger partial charge on any atom is 0.264 e. The number of pyridine rings is 1. The summed E-state index contributed by atoms with van der Waals surface area (Å²) >= 11 is 1.55. The van der Waals surface area contributed by atoms with Gasteiger partial charge in [0.2, 0.25) is 0 Å². The predicted molar refractivity (Wildman–Crippen MR) is 106 cm³/mol. The molecule has 2 aromatic heterocycles. The van der Waals surface area contributed by atoms with Crippen LogP contribution in [-0.4, -0.2) is 28.9 Å². The molecule has 3 nitrogen and oxygen atoms in total. The van der Waals surface area contributed by atoms with Gasteiger partial charge in [0.05, 0.1) is 4.88 Å². The SMILES string of the molecule is CCCN(CC)C(=O)c1cc2cc3c(nc2s1)CCC(C(C)(C)C)C3. The van der Waals surface area contributed by atoms with E-state index >= 15 is 0 Å². The molecule has 2 heterocycles. The monoisotopic (exact) mass is 358 g/mol. The Morgan fingerprint density at radius 3 is 2.72 bits per heavy atom. The van der Waals surface area contributed by atoms with Gasteiger partial charge in [-0.2, -0.15) is 0 Å². The first kappa shape index (κ1) is 18.4. The Labute approximate surface area is 155 Å². The van der Waals surface area contributed by atoms with E-state index in [1.54, 1.807) is 11.3 Å². The second-order valence-corrected chi connectivity index (χ2v) is 9.32.